The van der Waals surface area contributed by atoms with Gasteiger partial charge in [0.15, 0.2) is 0 Å². The van der Waals surface area contributed by atoms with Gasteiger partial charge in [0.05, 0.1) is 6.61 Å². The van der Waals surface area contributed by atoms with Crippen molar-refractivity contribution < 1.29 is 9.53 Å². The molecule has 1 aliphatic rings. The molecular formula is C16H32N2O2. The third-order valence-corrected chi connectivity index (χ3v) is 4.30. The molecule has 1 fully saturated rings. The van der Waals surface area contributed by atoms with E-state index in [1.807, 2.05) is 13.8 Å². The first-order valence-corrected chi connectivity index (χ1v) is 8.16. The summed E-state index contributed by atoms with van der Waals surface area (Å²) < 4.78 is 5.24. The lowest BCUT2D eigenvalue weighted by Crippen LogP contribution is -2.53. The topological polar surface area (TPSA) is 41.6 Å². The molecule has 20 heavy (non-hydrogen) atoms. The van der Waals surface area contributed by atoms with E-state index in [-0.39, 0.29) is 5.97 Å². The van der Waals surface area contributed by atoms with Crippen LogP contribution in [0.1, 0.15) is 53.4 Å². The Morgan fingerprint density at radius 3 is 2.55 bits per heavy atom. The summed E-state index contributed by atoms with van der Waals surface area (Å²) in [6, 6.07) is 0. The van der Waals surface area contributed by atoms with Gasteiger partial charge in [0, 0.05) is 6.54 Å². The molecule has 0 saturated carbocycles. The summed E-state index contributed by atoms with van der Waals surface area (Å²) in [6.07, 6.45) is 4.40. The molecule has 0 aromatic heterocycles. The van der Waals surface area contributed by atoms with Crippen LogP contribution in [0.25, 0.3) is 0 Å². The lowest BCUT2D eigenvalue weighted by atomic mass is 9.95. The summed E-state index contributed by atoms with van der Waals surface area (Å²) in [4.78, 5) is 14.7. The number of hydrogen-bond donors (Lipinski definition) is 1. The summed E-state index contributed by atoms with van der Waals surface area (Å²) >= 11 is 0. The van der Waals surface area contributed by atoms with E-state index in [1.54, 1.807) is 0 Å². The summed E-state index contributed by atoms with van der Waals surface area (Å²) in [5, 5.41) is 3.38. The van der Waals surface area contributed by atoms with Crippen molar-refractivity contribution in [3.8, 4) is 0 Å². The zero-order valence-corrected chi connectivity index (χ0v) is 13.7. The Balaban J connectivity index is 2.49. The number of rotatable bonds is 8. The number of carbonyl (C=O) groups is 1. The minimum atomic E-state index is -0.547. The van der Waals surface area contributed by atoms with Crippen molar-refractivity contribution in [1.82, 2.24) is 10.2 Å². The molecule has 1 saturated heterocycles. The van der Waals surface area contributed by atoms with Gasteiger partial charge in [-0.1, -0.05) is 13.8 Å². The number of hydrogen-bond acceptors (Lipinski definition) is 4. The van der Waals surface area contributed by atoms with Gasteiger partial charge in [0.1, 0.15) is 5.54 Å². The fourth-order valence-corrected chi connectivity index (χ4v) is 2.62. The lowest BCUT2D eigenvalue weighted by Gasteiger charge is -2.34. The molecule has 4 heteroatoms. The van der Waals surface area contributed by atoms with Gasteiger partial charge in [0.2, 0.25) is 0 Å². The molecule has 1 heterocycles. The first-order chi connectivity index (χ1) is 9.51. The maximum atomic E-state index is 12.2. The van der Waals surface area contributed by atoms with E-state index in [4.69, 9.17) is 4.74 Å². The fraction of sp³-hybridized carbons (Fsp3) is 0.938. The highest BCUT2D eigenvalue weighted by Gasteiger charge is 2.34. The van der Waals surface area contributed by atoms with Crippen molar-refractivity contribution in [2.75, 3.05) is 32.8 Å². The predicted molar refractivity (Wildman–Crippen MR) is 82.8 cm³/mol. The van der Waals surface area contributed by atoms with Crippen molar-refractivity contribution in [3.05, 3.63) is 0 Å². The molecule has 0 amide bonds. The quantitative estimate of drug-likeness (QED) is 0.695. The maximum absolute atomic E-state index is 12.2. The number of nitrogens with one attached hydrogen (secondary N) is 1. The average molecular weight is 284 g/mol. The summed E-state index contributed by atoms with van der Waals surface area (Å²) in [5.74, 6) is 0.736. The number of esters is 1. The van der Waals surface area contributed by atoms with Crippen molar-refractivity contribution >= 4 is 5.97 Å². The number of nitrogens with zero attached hydrogens (tertiary/aromatic N) is 1. The third-order valence-electron chi connectivity index (χ3n) is 4.30. The fourth-order valence-electron chi connectivity index (χ4n) is 2.62. The Morgan fingerprint density at radius 2 is 2.00 bits per heavy atom. The van der Waals surface area contributed by atoms with Crippen LogP contribution in [0, 0.1) is 5.92 Å². The Bertz CT molecular complexity index is 288. The molecule has 0 aliphatic carbocycles. The normalized spacial score (nSPS) is 20.6. The molecule has 1 N–H and O–H groups in total. The van der Waals surface area contributed by atoms with E-state index in [9.17, 15) is 4.79 Å². The first-order valence-electron chi connectivity index (χ1n) is 8.16. The van der Waals surface area contributed by atoms with Gasteiger partial charge < -0.3 is 15.0 Å². The summed E-state index contributed by atoms with van der Waals surface area (Å²) in [5.41, 5.74) is -0.547. The SMILES string of the molecule is CCCNC(C)(CCN1CCC(C)CC1)C(=O)OCC. The van der Waals surface area contributed by atoms with Crippen LogP contribution in [-0.4, -0.2) is 49.2 Å². The Kier molecular flexibility index (Phi) is 7.52. The van der Waals surface area contributed by atoms with Crippen LogP contribution in [0.2, 0.25) is 0 Å². The molecule has 4 nitrogen and oxygen atoms in total. The van der Waals surface area contributed by atoms with Gasteiger partial charge in [-0.2, -0.15) is 0 Å². The summed E-state index contributed by atoms with van der Waals surface area (Å²) in [7, 11) is 0. The first kappa shape index (κ1) is 17.4. The molecule has 1 aliphatic heterocycles. The Hall–Kier alpha value is -0.610. The second-order valence-corrected chi connectivity index (χ2v) is 6.25. The van der Waals surface area contributed by atoms with Gasteiger partial charge in [-0.25, -0.2) is 0 Å². The van der Waals surface area contributed by atoms with E-state index in [0.29, 0.717) is 6.61 Å². The number of piperidine rings is 1. The molecule has 1 unspecified atom stereocenters. The zero-order chi connectivity index (χ0) is 15.0. The average Bonchev–Trinajstić information content (AvgIpc) is 2.45. The zero-order valence-electron chi connectivity index (χ0n) is 13.7. The van der Waals surface area contributed by atoms with Crippen molar-refractivity contribution in [2.45, 2.75) is 58.9 Å². The minimum Gasteiger partial charge on any atom is -0.465 e. The highest BCUT2D eigenvalue weighted by molar-refractivity contribution is 5.80. The van der Waals surface area contributed by atoms with Crippen LogP contribution < -0.4 is 5.32 Å². The van der Waals surface area contributed by atoms with E-state index in [2.05, 4.69) is 24.1 Å². The largest absolute Gasteiger partial charge is 0.465 e. The van der Waals surface area contributed by atoms with Crippen LogP contribution in [0.5, 0.6) is 0 Å². The van der Waals surface area contributed by atoms with E-state index in [0.717, 1.165) is 44.9 Å². The molecule has 1 rings (SSSR count). The second kappa shape index (κ2) is 8.63. The molecule has 0 aromatic rings. The molecule has 0 aromatic carbocycles. The molecule has 118 valence electrons. The van der Waals surface area contributed by atoms with Crippen LogP contribution >= 0.6 is 0 Å². The minimum absolute atomic E-state index is 0.112. The van der Waals surface area contributed by atoms with E-state index in [1.165, 1.54) is 12.8 Å². The Morgan fingerprint density at radius 1 is 1.35 bits per heavy atom. The van der Waals surface area contributed by atoms with Crippen LogP contribution in [0.15, 0.2) is 0 Å². The monoisotopic (exact) mass is 284 g/mol. The van der Waals surface area contributed by atoms with Crippen molar-refractivity contribution in [1.29, 1.82) is 0 Å². The molecule has 1 atom stereocenters. The Labute approximate surface area is 124 Å². The van der Waals surface area contributed by atoms with Gasteiger partial charge in [0.25, 0.3) is 0 Å². The van der Waals surface area contributed by atoms with Gasteiger partial charge in [-0.05, 0) is 65.1 Å². The number of likely N-dealkylation sites (tertiary alicyclic amines) is 1. The lowest BCUT2D eigenvalue weighted by molar-refractivity contribution is -0.151. The maximum Gasteiger partial charge on any atom is 0.326 e. The van der Waals surface area contributed by atoms with E-state index < -0.39 is 5.54 Å². The number of carbonyl (C=O) groups excluding carboxylic acids is 1. The van der Waals surface area contributed by atoms with Gasteiger partial charge >= 0.3 is 5.97 Å². The second-order valence-electron chi connectivity index (χ2n) is 6.25. The molecule has 0 radical (unpaired) electrons. The standard InChI is InChI=1S/C16H32N2O2/c1-5-10-17-16(4,15(19)20-6-2)9-13-18-11-7-14(3)8-12-18/h14,17H,5-13H2,1-4H3. The third kappa shape index (κ3) is 5.41. The van der Waals surface area contributed by atoms with Crippen molar-refractivity contribution in [3.63, 3.8) is 0 Å². The number of ether oxygens (including phenoxy) is 1. The predicted octanol–water partition coefficient (Wildman–Crippen LogP) is 2.43. The van der Waals surface area contributed by atoms with Crippen molar-refractivity contribution in [2.24, 2.45) is 5.92 Å². The highest BCUT2D eigenvalue weighted by atomic mass is 16.5. The van der Waals surface area contributed by atoms with Crippen LogP contribution in [0.3, 0.4) is 0 Å². The summed E-state index contributed by atoms with van der Waals surface area (Å²) in [6.45, 7) is 12.9. The van der Waals surface area contributed by atoms with Gasteiger partial charge in [-0.3, -0.25) is 4.79 Å². The smallest absolute Gasteiger partial charge is 0.326 e. The molecule has 0 spiro atoms. The van der Waals surface area contributed by atoms with Crippen LogP contribution in [0.4, 0.5) is 0 Å². The molecule has 0 bridgehead atoms. The highest BCUT2D eigenvalue weighted by Crippen LogP contribution is 2.19. The molecular weight excluding hydrogens is 252 g/mol. The van der Waals surface area contributed by atoms with Gasteiger partial charge in [-0.15, -0.1) is 0 Å². The van der Waals surface area contributed by atoms with E-state index >= 15 is 0 Å². The van der Waals surface area contributed by atoms with Crippen LogP contribution in [-0.2, 0) is 9.53 Å².